The number of nitriles is 1. The van der Waals surface area contributed by atoms with Gasteiger partial charge in [-0.15, -0.1) is 0 Å². The van der Waals surface area contributed by atoms with Gasteiger partial charge in [-0.05, 0) is 43.7 Å². The highest BCUT2D eigenvalue weighted by atomic mass is 16.1. The van der Waals surface area contributed by atoms with Crippen molar-refractivity contribution in [3.63, 3.8) is 0 Å². The molecule has 1 amide bonds. The number of carbonyl (C=O) groups is 1. The lowest BCUT2D eigenvalue weighted by atomic mass is 9.96. The number of piperidine rings is 1. The molecule has 1 aromatic carbocycles. The molecular formula is C20H22N4O. The molecule has 1 atom stereocenters. The predicted molar refractivity (Wildman–Crippen MR) is 97.1 cm³/mol. The number of para-hydroxylation sites is 1. The molecule has 4 rings (SSSR count). The summed E-state index contributed by atoms with van der Waals surface area (Å²) in [6.45, 7) is 2.44. The van der Waals surface area contributed by atoms with Gasteiger partial charge in [-0.2, -0.15) is 5.26 Å². The van der Waals surface area contributed by atoms with Crippen LogP contribution in [0.4, 0.5) is 5.69 Å². The number of aromatic nitrogens is 1. The fourth-order valence-corrected chi connectivity index (χ4v) is 3.60. The van der Waals surface area contributed by atoms with Crippen LogP contribution >= 0.6 is 0 Å². The van der Waals surface area contributed by atoms with Crippen LogP contribution in [-0.4, -0.2) is 30.5 Å². The van der Waals surface area contributed by atoms with E-state index >= 15 is 0 Å². The average molecular weight is 334 g/mol. The van der Waals surface area contributed by atoms with Crippen molar-refractivity contribution in [2.24, 2.45) is 11.8 Å². The van der Waals surface area contributed by atoms with E-state index in [2.05, 4.69) is 21.3 Å². The number of nitrogens with one attached hydrogen (secondary N) is 1. The minimum absolute atomic E-state index is 0.0185. The van der Waals surface area contributed by atoms with E-state index in [1.165, 1.54) is 12.8 Å². The molecule has 1 aromatic heterocycles. The average Bonchev–Trinajstić information content (AvgIpc) is 3.49. The smallest absolute Gasteiger partial charge is 0.224 e. The molecule has 25 heavy (non-hydrogen) atoms. The van der Waals surface area contributed by atoms with Crippen LogP contribution < -0.4 is 10.2 Å². The topological polar surface area (TPSA) is 69.0 Å². The highest BCUT2D eigenvalue weighted by Gasteiger charge is 2.29. The van der Waals surface area contributed by atoms with Crippen LogP contribution in [-0.2, 0) is 4.79 Å². The molecule has 0 spiro atoms. The van der Waals surface area contributed by atoms with E-state index in [9.17, 15) is 10.1 Å². The van der Waals surface area contributed by atoms with Gasteiger partial charge < -0.3 is 10.2 Å². The third-order valence-electron chi connectivity index (χ3n) is 5.20. The van der Waals surface area contributed by atoms with Crippen LogP contribution in [0, 0.1) is 23.2 Å². The Morgan fingerprint density at radius 3 is 2.96 bits per heavy atom. The number of nitrogens with zero attached hydrogens (tertiary/aromatic N) is 3. The number of benzene rings is 1. The molecule has 2 aromatic rings. The first kappa shape index (κ1) is 15.9. The molecule has 1 N–H and O–H groups in total. The Bertz CT molecular complexity index is 837. The zero-order valence-electron chi connectivity index (χ0n) is 14.2. The van der Waals surface area contributed by atoms with Crippen LogP contribution in [0.3, 0.4) is 0 Å². The standard InChI is InChI=1S/C20H22N4O/c21-11-16-10-19(17-5-1-2-6-18(17)23-16)24-9-3-4-15(13-24)20(25)22-12-14-7-8-14/h1-2,5-6,10,14-15H,3-4,7-9,12-13H2,(H,22,25). The molecule has 1 saturated heterocycles. The zero-order valence-corrected chi connectivity index (χ0v) is 14.2. The van der Waals surface area contributed by atoms with E-state index in [1.54, 1.807) is 0 Å². The Hall–Kier alpha value is -2.61. The summed E-state index contributed by atoms with van der Waals surface area (Å²) in [5.41, 5.74) is 2.27. The molecule has 1 unspecified atom stereocenters. The first-order valence-electron chi connectivity index (χ1n) is 9.07. The number of amides is 1. The van der Waals surface area contributed by atoms with Gasteiger partial charge in [-0.25, -0.2) is 4.98 Å². The van der Waals surface area contributed by atoms with E-state index in [1.807, 2.05) is 30.3 Å². The molecule has 2 aliphatic rings. The largest absolute Gasteiger partial charge is 0.370 e. The monoisotopic (exact) mass is 334 g/mol. The minimum atomic E-state index is 0.0185. The third-order valence-corrected chi connectivity index (χ3v) is 5.20. The second kappa shape index (κ2) is 6.72. The summed E-state index contributed by atoms with van der Waals surface area (Å²) in [6, 6.07) is 11.9. The molecule has 0 radical (unpaired) electrons. The van der Waals surface area contributed by atoms with Gasteiger partial charge in [0, 0.05) is 30.7 Å². The van der Waals surface area contributed by atoms with E-state index in [0.717, 1.165) is 42.5 Å². The lowest BCUT2D eigenvalue weighted by molar-refractivity contribution is -0.125. The van der Waals surface area contributed by atoms with Crippen molar-refractivity contribution in [1.29, 1.82) is 5.26 Å². The summed E-state index contributed by atoms with van der Waals surface area (Å²) in [7, 11) is 0. The van der Waals surface area contributed by atoms with Crippen molar-refractivity contribution in [1.82, 2.24) is 10.3 Å². The van der Waals surface area contributed by atoms with Crippen molar-refractivity contribution < 1.29 is 4.79 Å². The maximum Gasteiger partial charge on any atom is 0.224 e. The lowest BCUT2D eigenvalue weighted by Gasteiger charge is -2.34. The number of pyridine rings is 1. The summed E-state index contributed by atoms with van der Waals surface area (Å²) in [5.74, 6) is 0.895. The van der Waals surface area contributed by atoms with Gasteiger partial charge in [0.25, 0.3) is 0 Å². The fourth-order valence-electron chi connectivity index (χ4n) is 3.60. The third kappa shape index (κ3) is 3.43. The summed E-state index contributed by atoms with van der Waals surface area (Å²) < 4.78 is 0. The maximum atomic E-state index is 12.5. The number of anilines is 1. The quantitative estimate of drug-likeness (QED) is 0.933. The molecule has 1 aliphatic carbocycles. The summed E-state index contributed by atoms with van der Waals surface area (Å²) in [6.07, 6.45) is 4.41. The van der Waals surface area contributed by atoms with Crippen LogP contribution in [0.1, 0.15) is 31.4 Å². The fraction of sp³-hybridized carbons (Fsp3) is 0.450. The Balaban J connectivity index is 1.57. The zero-order chi connectivity index (χ0) is 17.2. The first-order valence-corrected chi connectivity index (χ1v) is 9.07. The predicted octanol–water partition coefficient (Wildman–Crippen LogP) is 2.85. The minimum Gasteiger partial charge on any atom is -0.370 e. The van der Waals surface area contributed by atoms with Gasteiger partial charge in [0.1, 0.15) is 11.8 Å². The van der Waals surface area contributed by atoms with E-state index in [4.69, 9.17) is 0 Å². The van der Waals surface area contributed by atoms with Gasteiger partial charge in [0.2, 0.25) is 5.91 Å². The maximum absolute atomic E-state index is 12.5. The van der Waals surface area contributed by atoms with E-state index in [-0.39, 0.29) is 11.8 Å². The van der Waals surface area contributed by atoms with Crippen molar-refractivity contribution in [3.8, 4) is 6.07 Å². The number of carbonyl (C=O) groups excluding carboxylic acids is 1. The summed E-state index contributed by atoms with van der Waals surface area (Å²) >= 11 is 0. The number of rotatable bonds is 4. The van der Waals surface area contributed by atoms with Crippen LogP contribution in [0.25, 0.3) is 10.9 Å². The van der Waals surface area contributed by atoms with Gasteiger partial charge >= 0.3 is 0 Å². The number of hydrogen-bond acceptors (Lipinski definition) is 4. The van der Waals surface area contributed by atoms with Gasteiger partial charge in [-0.1, -0.05) is 18.2 Å². The molecule has 1 saturated carbocycles. The Morgan fingerprint density at radius 2 is 2.16 bits per heavy atom. The Morgan fingerprint density at radius 1 is 1.32 bits per heavy atom. The summed E-state index contributed by atoms with van der Waals surface area (Å²) in [5, 5.41) is 13.5. The molecule has 128 valence electrons. The van der Waals surface area contributed by atoms with Crippen LogP contribution in [0.2, 0.25) is 0 Å². The molecule has 1 aliphatic heterocycles. The highest BCUT2D eigenvalue weighted by molar-refractivity contribution is 5.92. The van der Waals surface area contributed by atoms with Gasteiger partial charge in [0.15, 0.2) is 0 Å². The lowest BCUT2D eigenvalue weighted by Crippen LogP contribution is -2.43. The highest BCUT2D eigenvalue weighted by Crippen LogP contribution is 2.31. The molecular weight excluding hydrogens is 312 g/mol. The van der Waals surface area contributed by atoms with E-state index < -0.39 is 0 Å². The normalized spacial score (nSPS) is 20.3. The molecule has 2 fully saturated rings. The Labute approximate surface area is 147 Å². The van der Waals surface area contributed by atoms with E-state index in [0.29, 0.717) is 18.2 Å². The number of fused-ring (bicyclic) bond motifs is 1. The second-order valence-electron chi connectivity index (χ2n) is 7.13. The van der Waals surface area contributed by atoms with Crippen molar-refractivity contribution in [2.75, 3.05) is 24.5 Å². The van der Waals surface area contributed by atoms with Crippen molar-refractivity contribution >= 4 is 22.5 Å². The second-order valence-corrected chi connectivity index (χ2v) is 7.13. The first-order chi connectivity index (χ1) is 12.2. The van der Waals surface area contributed by atoms with Crippen LogP contribution in [0.15, 0.2) is 30.3 Å². The van der Waals surface area contributed by atoms with Crippen molar-refractivity contribution in [2.45, 2.75) is 25.7 Å². The van der Waals surface area contributed by atoms with Gasteiger partial charge in [-0.3, -0.25) is 4.79 Å². The van der Waals surface area contributed by atoms with Gasteiger partial charge in [0.05, 0.1) is 11.4 Å². The Kier molecular flexibility index (Phi) is 4.27. The molecule has 2 heterocycles. The van der Waals surface area contributed by atoms with Crippen molar-refractivity contribution in [3.05, 3.63) is 36.0 Å². The molecule has 5 nitrogen and oxygen atoms in total. The molecule has 0 bridgehead atoms. The number of hydrogen-bond donors (Lipinski definition) is 1. The van der Waals surface area contributed by atoms with Crippen LogP contribution in [0.5, 0.6) is 0 Å². The molecule has 5 heteroatoms. The summed E-state index contributed by atoms with van der Waals surface area (Å²) in [4.78, 5) is 19.1. The SMILES string of the molecule is N#Cc1cc(N2CCCC(C(=O)NCC3CC3)C2)c2ccccc2n1.